The summed E-state index contributed by atoms with van der Waals surface area (Å²) in [5, 5.41) is 10.3. The summed E-state index contributed by atoms with van der Waals surface area (Å²) in [6, 6.07) is 0. The maximum absolute atomic E-state index is 11.5. The molecular formula is C8H8N2O3S. The van der Waals surface area contributed by atoms with Crippen LogP contribution >= 0.6 is 11.3 Å². The van der Waals surface area contributed by atoms with Gasteiger partial charge < -0.3 is 10.0 Å². The van der Waals surface area contributed by atoms with Crippen molar-refractivity contribution in [1.82, 2.24) is 9.88 Å². The lowest BCUT2D eigenvalue weighted by Gasteiger charge is -2.36. The highest BCUT2D eigenvalue weighted by Crippen LogP contribution is 2.18. The fourth-order valence-electron chi connectivity index (χ4n) is 1.28. The van der Waals surface area contributed by atoms with E-state index in [0.717, 1.165) is 0 Å². The zero-order valence-electron chi connectivity index (χ0n) is 7.21. The predicted molar refractivity (Wildman–Crippen MR) is 49.1 cm³/mol. The van der Waals surface area contributed by atoms with Crippen LogP contribution in [0.3, 0.4) is 0 Å². The average Bonchev–Trinajstić information content (AvgIpc) is 2.51. The first-order chi connectivity index (χ1) is 6.68. The highest BCUT2D eigenvalue weighted by molar-refractivity contribution is 7.07. The van der Waals surface area contributed by atoms with Gasteiger partial charge in [0.2, 0.25) is 0 Å². The molecule has 1 amide bonds. The first-order valence-corrected chi connectivity index (χ1v) is 5.03. The van der Waals surface area contributed by atoms with Crippen LogP contribution in [-0.4, -0.2) is 40.0 Å². The van der Waals surface area contributed by atoms with E-state index in [-0.39, 0.29) is 5.91 Å². The SMILES string of the molecule is O=C(O)C1CN(C(=O)c2cscn2)C1. The van der Waals surface area contributed by atoms with E-state index in [1.54, 1.807) is 10.9 Å². The van der Waals surface area contributed by atoms with Crippen LogP contribution in [0.25, 0.3) is 0 Å². The van der Waals surface area contributed by atoms with E-state index in [1.807, 2.05) is 0 Å². The first-order valence-electron chi connectivity index (χ1n) is 4.08. The van der Waals surface area contributed by atoms with E-state index in [0.29, 0.717) is 18.8 Å². The van der Waals surface area contributed by atoms with Crippen molar-refractivity contribution in [2.24, 2.45) is 5.92 Å². The van der Waals surface area contributed by atoms with E-state index in [4.69, 9.17) is 5.11 Å². The maximum Gasteiger partial charge on any atom is 0.310 e. The second-order valence-corrected chi connectivity index (χ2v) is 3.84. The van der Waals surface area contributed by atoms with E-state index in [9.17, 15) is 9.59 Å². The second kappa shape index (κ2) is 3.38. The number of hydrogen-bond acceptors (Lipinski definition) is 4. The van der Waals surface area contributed by atoms with Crippen molar-refractivity contribution in [1.29, 1.82) is 0 Å². The molecular weight excluding hydrogens is 204 g/mol. The third-order valence-electron chi connectivity index (χ3n) is 2.17. The first kappa shape index (κ1) is 9.14. The van der Waals surface area contributed by atoms with Gasteiger partial charge in [-0.05, 0) is 0 Å². The quantitative estimate of drug-likeness (QED) is 0.765. The van der Waals surface area contributed by atoms with E-state index >= 15 is 0 Å². The molecule has 0 spiro atoms. The van der Waals surface area contributed by atoms with Crippen LogP contribution in [0.5, 0.6) is 0 Å². The molecule has 0 aliphatic carbocycles. The number of carbonyl (C=O) groups excluding carboxylic acids is 1. The molecule has 0 unspecified atom stereocenters. The van der Waals surface area contributed by atoms with E-state index < -0.39 is 11.9 Å². The van der Waals surface area contributed by atoms with Crippen LogP contribution in [0.15, 0.2) is 10.9 Å². The zero-order valence-corrected chi connectivity index (χ0v) is 8.03. The molecule has 0 radical (unpaired) electrons. The third-order valence-corrected chi connectivity index (χ3v) is 2.76. The molecule has 0 atom stereocenters. The Morgan fingerprint density at radius 2 is 2.29 bits per heavy atom. The van der Waals surface area contributed by atoms with E-state index in [1.165, 1.54) is 16.2 Å². The van der Waals surface area contributed by atoms with Crippen molar-refractivity contribution < 1.29 is 14.7 Å². The number of likely N-dealkylation sites (tertiary alicyclic amines) is 1. The molecule has 5 nitrogen and oxygen atoms in total. The van der Waals surface area contributed by atoms with Gasteiger partial charge in [-0.15, -0.1) is 11.3 Å². The summed E-state index contributed by atoms with van der Waals surface area (Å²) in [4.78, 5) is 27.4. The van der Waals surface area contributed by atoms with Crippen molar-refractivity contribution in [3.8, 4) is 0 Å². The zero-order chi connectivity index (χ0) is 10.1. The third kappa shape index (κ3) is 1.48. The van der Waals surface area contributed by atoms with Gasteiger partial charge in [-0.2, -0.15) is 0 Å². The van der Waals surface area contributed by atoms with Gasteiger partial charge in [0.25, 0.3) is 5.91 Å². The number of rotatable bonds is 2. The molecule has 74 valence electrons. The van der Waals surface area contributed by atoms with Gasteiger partial charge in [0, 0.05) is 18.5 Å². The number of carboxylic acids is 1. The van der Waals surface area contributed by atoms with Crippen molar-refractivity contribution in [3.05, 3.63) is 16.6 Å². The molecule has 2 heterocycles. The molecule has 1 aromatic heterocycles. The molecule has 0 aromatic carbocycles. The number of hydrogen-bond donors (Lipinski definition) is 1. The van der Waals surface area contributed by atoms with Gasteiger partial charge >= 0.3 is 5.97 Å². The number of aliphatic carboxylic acids is 1. The molecule has 1 aliphatic rings. The lowest BCUT2D eigenvalue weighted by molar-refractivity contribution is -0.146. The van der Waals surface area contributed by atoms with Crippen LogP contribution in [0, 0.1) is 5.92 Å². The van der Waals surface area contributed by atoms with Gasteiger partial charge in [0.05, 0.1) is 11.4 Å². The fraction of sp³-hybridized carbons (Fsp3) is 0.375. The molecule has 2 rings (SSSR count). The Hall–Kier alpha value is -1.43. The fourth-order valence-corrected chi connectivity index (χ4v) is 1.81. The molecule has 0 bridgehead atoms. The highest BCUT2D eigenvalue weighted by Gasteiger charge is 2.36. The molecule has 1 saturated heterocycles. The van der Waals surface area contributed by atoms with Crippen molar-refractivity contribution in [3.63, 3.8) is 0 Å². The Bertz CT molecular complexity index is 357. The van der Waals surface area contributed by atoms with Crippen LogP contribution in [0.4, 0.5) is 0 Å². The molecule has 1 aromatic rings. The maximum atomic E-state index is 11.5. The Morgan fingerprint density at radius 1 is 1.57 bits per heavy atom. The van der Waals surface area contributed by atoms with Gasteiger partial charge in [0.15, 0.2) is 0 Å². The summed E-state index contributed by atoms with van der Waals surface area (Å²) < 4.78 is 0. The number of nitrogens with zero attached hydrogens (tertiary/aromatic N) is 2. The Morgan fingerprint density at radius 3 is 2.79 bits per heavy atom. The lowest BCUT2D eigenvalue weighted by atomic mass is 10.0. The largest absolute Gasteiger partial charge is 0.481 e. The summed E-state index contributed by atoms with van der Waals surface area (Å²) in [5.74, 6) is -1.42. The van der Waals surface area contributed by atoms with Crippen molar-refractivity contribution >= 4 is 23.2 Å². The Balaban J connectivity index is 1.95. The summed E-state index contributed by atoms with van der Waals surface area (Å²) >= 11 is 1.35. The molecule has 1 fully saturated rings. The lowest BCUT2D eigenvalue weighted by Crippen LogP contribution is -2.53. The second-order valence-electron chi connectivity index (χ2n) is 3.12. The summed E-state index contributed by atoms with van der Waals surface area (Å²) in [6.07, 6.45) is 0. The van der Waals surface area contributed by atoms with Gasteiger partial charge in [0.1, 0.15) is 5.69 Å². The number of amides is 1. The normalized spacial score (nSPS) is 16.4. The monoisotopic (exact) mass is 212 g/mol. The Labute approximate surface area is 84.0 Å². The predicted octanol–water partition coefficient (Wildman–Crippen LogP) is 0.300. The minimum Gasteiger partial charge on any atom is -0.481 e. The minimum atomic E-state index is -0.840. The Kier molecular flexibility index (Phi) is 2.20. The summed E-state index contributed by atoms with van der Waals surface area (Å²) in [7, 11) is 0. The minimum absolute atomic E-state index is 0.177. The van der Waals surface area contributed by atoms with Crippen molar-refractivity contribution in [2.75, 3.05) is 13.1 Å². The van der Waals surface area contributed by atoms with Crippen LogP contribution < -0.4 is 0 Å². The van der Waals surface area contributed by atoms with Gasteiger partial charge in [-0.3, -0.25) is 9.59 Å². The number of carboxylic acid groups (broad SMARTS) is 1. The van der Waals surface area contributed by atoms with Crippen LogP contribution in [-0.2, 0) is 4.79 Å². The topological polar surface area (TPSA) is 70.5 Å². The average molecular weight is 212 g/mol. The van der Waals surface area contributed by atoms with Crippen LogP contribution in [0.1, 0.15) is 10.5 Å². The molecule has 1 aliphatic heterocycles. The van der Waals surface area contributed by atoms with Crippen LogP contribution in [0.2, 0.25) is 0 Å². The number of aromatic nitrogens is 1. The highest BCUT2D eigenvalue weighted by atomic mass is 32.1. The summed E-state index contributed by atoms with van der Waals surface area (Å²) in [6.45, 7) is 0.595. The van der Waals surface area contributed by atoms with Crippen molar-refractivity contribution in [2.45, 2.75) is 0 Å². The van der Waals surface area contributed by atoms with E-state index in [2.05, 4.69) is 4.98 Å². The number of carbonyl (C=O) groups is 2. The summed E-state index contributed by atoms with van der Waals surface area (Å²) in [5.41, 5.74) is 1.99. The molecule has 14 heavy (non-hydrogen) atoms. The number of thiazole rings is 1. The van der Waals surface area contributed by atoms with Gasteiger partial charge in [-0.25, -0.2) is 4.98 Å². The smallest absolute Gasteiger partial charge is 0.310 e. The molecule has 1 N–H and O–H groups in total. The molecule has 0 saturated carbocycles. The standard InChI is InChI=1S/C8H8N2O3S/c11-7(6-3-14-4-9-6)10-1-5(2-10)8(12)13/h3-5H,1-2H2,(H,12,13). The molecule has 6 heteroatoms. The van der Waals surface area contributed by atoms with Gasteiger partial charge in [-0.1, -0.05) is 0 Å².